The monoisotopic (exact) mass is 521 g/mol. The number of aliphatic hydroxyl groups is 1. The Morgan fingerprint density at radius 2 is 1.53 bits per heavy atom. The second kappa shape index (κ2) is 12.1. The highest BCUT2D eigenvalue weighted by molar-refractivity contribution is 6.22. The number of aryl methyl sites for hydroxylation is 1. The second-order valence-corrected chi connectivity index (χ2v) is 9.27. The second-order valence-electron chi connectivity index (χ2n) is 9.27. The van der Waals surface area contributed by atoms with Crippen molar-refractivity contribution in [1.82, 2.24) is 15.5 Å². The number of carbonyl (C=O) groups excluding carboxylic acids is 3. The largest absolute Gasteiger partial charge is 0.390 e. The van der Waals surface area contributed by atoms with E-state index >= 15 is 0 Å². The maximum atomic E-state index is 13.8. The van der Waals surface area contributed by atoms with Gasteiger partial charge in [-0.3, -0.25) is 19.3 Å². The molecule has 198 valence electrons. The van der Waals surface area contributed by atoms with Gasteiger partial charge in [-0.25, -0.2) is 8.78 Å². The van der Waals surface area contributed by atoms with E-state index in [9.17, 15) is 28.3 Å². The van der Waals surface area contributed by atoms with Crippen LogP contribution in [0.4, 0.5) is 8.78 Å². The molecule has 3 aromatic carbocycles. The molecule has 0 aromatic heterocycles. The standard InChI is InChI=1S/C29H29F2N3O4/c1-2-18-6-5-7-19(10-18)15-32-16-26(35)25(13-20-11-21(30)14-22(31)12-20)33-27(36)17-34-28(37)23-8-3-4-9-24(23)29(34)38/h3-12,14,25-26,32,35H,2,13,15-17H2,1H3,(H,33,36)/t25-,26+/m0/s1. The van der Waals surface area contributed by atoms with Gasteiger partial charge in [-0.05, 0) is 53.8 Å². The lowest BCUT2D eigenvalue weighted by molar-refractivity contribution is -0.123. The Bertz CT molecular complexity index is 1290. The summed E-state index contributed by atoms with van der Waals surface area (Å²) in [6, 6.07) is 16.3. The number of hydrogen-bond donors (Lipinski definition) is 3. The molecule has 2 atom stereocenters. The summed E-state index contributed by atoms with van der Waals surface area (Å²) in [5.74, 6) is -3.41. The van der Waals surface area contributed by atoms with E-state index in [4.69, 9.17) is 0 Å². The van der Waals surface area contributed by atoms with E-state index in [1.54, 1.807) is 12.1 Å². The van der Waals surface area contributed by atoms with Gasteiger partial charge in [0.15, 0.2) is 0 Å². The van der Waals surface area contributed by atoms with Crippen molar-refractivity contribution in [1.29, 1.82) is 0 Å². The molecular formula is C29H29F2N3O4. The number of amides is 3. The van der Waals surface area contributed by atoms with E-state index in [1.807, 2.05) is 18.2 Å². The van der Waals surface area contributed by atoms with Gasteiger partial charge in [0.05, 0.1) is 23.3 Å². The molecule has 1 heterocycles. The summed E-state index contributed by atoms with van der Waals surface area (Å²) in [5, 5.41) is 16.7. The van der Waals surface area contributed by atoms with E-state index in [0.717, 1.165) is 35.1 Å². The summed E-state index contributed by atoms with van der Waals surface area (Å²) < 4.78 is 27.6. The van der Waals surface area contributed by atoms with Gasteiger partial charge in [0.25, 0.3) is 11.8 Å². The minimum Gasteiger partial charge on any atom is -0.390 e. The summed E-state index contributed by atoms with van der Waals surface area (Å²) in [5.41, 5.74) is 2.87. The smallest absolute Gasteiger partial charge is 0.262 e. The SMILES string of the molecule is CCc1cccc(CNC[C@@H](O)[C@H](Cc2cc(F)cc(F)c2)NC(=O)CN2C(=O)c3ccccc3C2=O)c1. The number of aliphatic hydroxyl groups excluding tert-OH is 1. The van der Waals surface area contributed by atoms with Crippen LogP contribution in [-0.2, 0) is 24.2 Å². The summed E-state index contributed by atoms with van der Waals surface area (Å²) in [4.78, 5) is 39.0. The van der Waals surface area contributed by atoms with Crippen molar-refractivity contribution in [2.75, 3.05) is 13.1 Å². The highest BCUT2D eigenvalue weighted by Crippen LogP contribution is 2.22. The summed E-state index contributed by atoms with van der Waals surface area (Å²) in [6.07, 6.45) is -0.319. The van der Waals surface area contributed by atoms with Crippen molar-refractivity contribution >= 4 is 17.7 Å². The van der Waals surface area contributed by atoms with Gasteiger partial charge in [0.1, 0.15) is 18.2 Å². The first kappa shape index (κ1) is 27.1. The van der Waals surface area contributed by atoms with Crippen molar-refractivity contribution < 1.29 is 28.3 Å². The highest BCUT2D eigenvalue weighted by atomic mass is 19.1. The molecule has 0 unspecified atom stereocenters. The molecule has 3 aromatic rings. The number of benzene rings is 3. The Morgan fingerprint density at radius 3 is 2.16 bits per heavy atom. The van der Waals surface area contributed by atoms with Crippen molar-refractivity contribution in [2.45, 2.75) is 38.5 Å². The Morgan fingerprint density at radius 1 is 0.895 bits per heavy atom. The average molecular weight is 522 g/mol. The number of halogens is 2. The van der Waals surface area contributed by atoms with Gasteiger partial charge >= 0.3 is 0 Å². The molecule has 0 spiro atoms. The van der Waals surface area contributed by atoms with Crippen LogP contribution in [0.5, 0.6) is 0 Å². The molecule has 0 saturated heterocycles. The van der Waals surface area contributed by atoms with E-state index in [-0.39, 0.29) is 29.7 Å². The number of fused-ring (bicyclic) bond motifs is 1. The van der Waals surface area contributed by atoms with Crippen LogP contribution in [0.1, 0.15) is 44.3 Å². The lowest BCUT2D eigenvalue weighted by Gasteiger charge is -2.26. The van der Waals surface area contributed by atoms with Crippen LogP contribution in [0.15, 0.2) is 66.7 Å². The lowest BCUT2D eigenvalue weighted by Crippen LogP contribution is -2.51. The lowest BCUT2D eigenvalue weighted by atomic mass is 10.0. The predicted molar refractivity (Wildman–Crippen MR) is 137 cm³/mol. The molecule has 9 heteroatoms. The number of rotatable bonds is 11. The van der Waals surface area contributed by atoms with Crippen LogP contribution in [0, 0.1) is 11.6 Å². The maximum absolute atomic E-state index is 13.8. The third kappa shape index (κ3) is 6.48. The van der Waals surface area contributed by atoms with Gasteiger partial charge in [-0.2, -0.15) is 0 Å². The van der Waals surface area contributed by atoms with Crippen LogP contribution in [0.2, 0.25) is 0 Å². The first-order valence-electron chi connectivity index (χ1n) is 12.4. The number of nitrogens with one attached hydrogen (secondary N) is 2. The van der Waals surface area contributed by atoms with Gasteiger partial charge < -0.3 is 15.7 Å². The van der Waals surface area contributed by atoms with Gasteiger partial charge in [-0.15, -0.1) is 0 Å². The van der Waals surface area contributed by atoms with Gasteiger partial charge in [0.2, 0.25) is 5.91 Å². The van der Waals surface area contributed by atoms with E-state index < -0.39 is 48.0 Å². The number of imide groups is 1. The molecule has 7 nitrogen and oxygen atoms in total. The van der Waals surface area contributed by atoms with Crippen molar-refractivity contribution in [2.24, 2.45) is 0 Å². The Balaban J connectivity index is 1.44. The summed E-state index contributed by atoms with van der Waals surface area (Å²) in [7, 11) is 0. The Kier molecular flexibility index (Phi) is 8.60. The molecule has 3 amide bonds. The quantitative estimate of drug-likeness (QED) is 0.337. The van der Waals surface area contributed by atoms with Crippen molar-refractivity contribution in [3.63, 3.8) is 0 Å². The Hall–Kier alpha value is -3.95. The third-order valence-electron chi connectivity index (χ3n) is 6.45. The molecule has 0 saturated carbocycles. The van der Waals surface area contributed by atoms with E-state index in [0.29, 0.717) is 6.54 Å². The summed E-state index contributed by atoms with van der Waals surface area (Å²) >= 11 is 0. The van der Waals surface area contributed by atoms with Crippen LogP contribution in [-0.4, -0.2) is 53.0 Å². The third-order valence-corrected chi connectivity index (χ3v) is 6.45. The van der Waals surface area contributed by atoms with Gasteiger partial charge in [-0.1, -0.05) is 43.3 Å². The minimum atomic E-state index is -1.14. The zero-order valence-corrected chi connectivity index (χ0v) is 20.9. The normalized spacial score (nSPS) is 14.4. The van der Waals surface area contributed by atoms with E-state index in [1.165, 1.54) is 17.7 Å². The summed E-state index contributed by atoms with van der Waals surface area (Å²) in [6.45, 7) is 2.05. The van der Waals surface area contributed by atoms with Gasteiger partial charge in [0, 0.05) is 19.2 Å². The van der Waals surface area contributed by atoms with Crippen LogP contribution in [0.3, 0.4) is 0 Å². The van der Waals surface area contributed by atoms with Crippen molar-refractivity contribution in [3.05, 3.63) is 106 Å². The topological polar surface area (TPSA) is 98.7 Å². The van der Waals surface area contributed by atoms with Crippen LogP contribution in [0.25, 0.3) is 0 Å². The fourth-order valence-corrected chi connectivity index (χ4v) is 4.51. The Labute approximate surface area is 219 Å². The minimum absolute atomic E-state index is 0.0727. The fraction of sp³-hybridized carbons (Fsp3) is 0.276. The van der Waals surface area contributed by atoms with E-state index in [2.05, 4.69) is 23.6 Å². The highest BCUT2D eigenvalue weighted by Gasteiger charge is 2.36. The molecule has 3 N–H and O–H groups in total. The molecule has 1 aliphatic heterocycles. The molecule has 4 rings (SSSR count). The molecule has 0 bridgehead atoms. The van der Waals surface area contributed by atoms with Crippen LogP contribution < -0.4 is 10.6 Å². The first-order chi connectivity index (χ1) is 18.2. The number of hydrogen-bond acceptors (Lipinski definition) is 5. The van der Waals surface area contributed by atoms with Crippen LogP contribution >= 0.6 is 0 Å². The average Bonchev–Trinajstić information content (AvgIpc) is 3.12. The fourth-order valence-electron chi connectivity index (χ4n) is 4.51. The molecule has 0 fully saturated rings. The maximum Gasteiger partial charge on any atom is 0.262 e. The zero-order chi connectivity index (χ0) is 27.2. The molecule has 1 aliphatic rings. The number of nitrogens with zero attached hydrogens (tertiary/aromatic N) is 1. The zero-order valence-electron chi connectivity index (χ0n) is 20.9. The predicted octanol–water partition coefficient (Wildman–Crippen LogP) is 3.00. The number of carbonyl (C=O) groups is 3. The molecule has 0 aliphatic carbocycles. The van der Waals surface area contributed by atoms with Crippen molar-refractivity contribution in [3.8, 4) is 0 Å². The molecule has 38 heavy (non-hydrogen) atoms. The molecule has 0 radical (unpaired) electrons. The molecular weight excluding hydrogens is 492 g/mol. The first-order valence-corrected chi connectivity index (χ1v) is 12.4.